The number of carbonyl (C=O) groups is 1. The normalized spacial score (nSPS) is 13.3. The van der Waals surface area contributed by atoms with Gasteiger partial charge in [0.25, 0.3) is 5.91 Å². The minimum Gasteiger partial charge on any atom is -0.497 e. The Morgan fingerprint density at radius 3 is 2.61 bits per heavy atom. The zero-order valence-corrected chi connectivity index (χ0v) is 13.1. The number of nitrogens with one attached hydrogen (secondary N) is 2. The maximum Gasteiger partial charge on any atom is 0.274 e. The zero-order chi connectivity index (χ0) is 16.2. The van der Waals surface area contributed by atoms with Crippen LogP contribution >= 0.6 is 0 Å². The van der Waals surface area contributed by atoms with Crippen LogP contribution in [0.1, 0.15) is 23.3 Å². The molecule has 0 atom stereocenters. The van der Waals surface area contributed by atoms with Gasteiger partial charge in [0.1, 0.15) is 17.2 Å². The first-order valence-electron chi connectivity index (χ1n) is 7.45. The van der Waals surface area contributed by atoms with Crippen LogP contribution in [-0.2, 0) is 0 Å². The van der Waals surface area contributed by atoms with E-state index in [9.17, 15) is 4.79 Å². The highest BCUT2D eigenvalue weighted by Crippen LogP contribution is 2.29. The van der Waals surface area contributed by atoms with Gasteiger partial charge in [0.05, 0.1) is 31.8 Å². The Kier molecular flexibility index (Phi) is 4.32. The maximum atomic E-state index is 12.3. The highest BCUT2D eigenvalue weighted by molar-refractivity contribution is 6.03. The van der Waals surface area contributed by atoms with Gasteiger partial charge in [-0.3, -0.25) is 4.79 Å². The largest absolute Gasteiger partial charge is 0.497 e. The van der Waals surface area contributed by atoms with E-state index in [0.29, 0.717) is 28.9 Å². The predicted molar refractivity (Wildman–Crippen MR) is 88.4 cm³/mol. The molecule has 3 rings (SSSR count). The van der Waals surface area contributed by atoms with Crippen LogP contribution in [0.15, 0.2) is 36.5 Å². The Balaban J connectivity index is 1.70. The molecule has 6 nitrogen and oxygen atoms in total. The van der Waals surface area contributed by atoms with Crippen molar-refractivity contribution in [1.82, 2.24) is 4.98 Å². The second-order valence-corrected chi connectivity index (χ2v) is 5.37. The van der Waals surface area contributed by atoms with Gasteiger partial charge in [0.2, 0.25) is 0 Å². The summed E-state index contributed by atoms with van der Waals surface area (Å²) >= 11 is 0. The highest BCUT2D eigenvalue weighted by Gasteiger charge is 2.21. The first-order chi connectivity index (χ1) is 11.2. The second-order valence-electron chi connectivity index (χ2n) is 5.37. The third kappa shape index (κ3) is 3.71. The average Bonchev–Trinajstić information content (AvgIpc) is 3.39. The lowest BCUT2D eigenvalue weighted by Crippen LogP contribution is -2.14. The van der Waals surface area contributed by atoms with Gasteiger partial charge in [0.15, 0.2) is 0 Å². The highest BCUT2D eigenvalue weighted by atomic mass is 16.5. The van der Waals surface area contributed by atoms with E-state index < -0.39 is 0 Å². The van der Waals surface area contributed by atoms with E-state index in [4.69, 9.17) is 9.47 Å². The third-order valence-corrected chi connectivity index (χ3v) is 3.60. The topological polar surface area (TPSA) is 72.5 Å². The summed E-state index contributed by atoms with van der Waals surface area (Å²) in [5.41, 5.74) is 1.86. The molecule has 0 bridgehead atoms. The number of amides is 1. The molecule has 23 heavy (non-hydrogen) atoms. The summed E-state index contributed by atoms with van der Waals surface area (Å²) in [6, 6.07) is 9.33. The Labute approximate surface area is 134 Å². The summed E-state index contributed by atoms with van der Waals surface area (Å²) in [5.74, 6) is 0.907. The number of methoxy groups -OCH3 is 2. The van der Waals surface area contributed by atoms with Crippen LogP contribution < -0.4 is 20.1 Å². The lowest BCUT2D eigenvalue weighted by molar-refractivity contribution is 0.102. The van der Waals surface area contributed by atoms with Crippen molar-refractivity contribution in [3.63, 3.8) is 0 Å². The zero-order valence-electron chi connectivity index (χ0n) is 13.1. The molecule has 1 amide bonds. The fourth-order valence-corrected chi connectivity index (χ4v) is 2.17. The number of carbonyl (C=O) groups excluding carboxylic acids is 1. The van der Waals surface area contributed by atoms with Crippen molar-refractivity contribution < 1.29 is 14.3 Å². The van der Waals surface area contributed by atoms with Crippen molar-refractivity contribution in [2.75, 3.05) is 24.9 Å². The Hall–Kier alpha value is -2.76. The van der Waals surface area contributed by atoms with E-state index >= 15 is 0 Å². The van der Waals surface area contributed by atoms with Gasteiger partial charge in [-0.1, -0.05) is 0 Å². The smallest absolute Gasteiger partial charge is 0.274 e. The number of benzene rings is 1. The molecule has 2 N–H and O–H groups in total. The van der Waals surface area contributed by atoms with E-state index in [1.165, 1.54) is 12.8 Å². The van der Waals surface area contributed by atoms with Crippen LogP contribution in [0.5, 0.6) is 11.5 Å². The van der Waals surface area contributed by atoms with E-state index in [1.54, 1.807) is 44.7 Å². The first kappa shape index (κ1) is 15.1. The molecule has 0 aliphatic heterocycles. The summed E-state index contributed by atoms with van der Waals surface area (Å²) in [7, 11) is 3.12. The Bertz CT molecular complexity index is 697. The van der Waals surface area contributed by atoms with Crippen molar-refractivity contribution in [3.8, 4) is 11.5 Å². The number of nitrogens with zero attached hydrogens (tertiary/aromatic N) is 1. The fourth-order valence-electron chi connectivity index (χ4n) is 2.17. The molecule has 0 radical (unpaired) electrons. The van der Waals surface area contributed by atoms with Gasteiger partial charge < -0.3 is 20.1 Å². The number of aromatic nitrogens is 1. The van der Waals surface area contributed by atoms with E-state index in [2.05, 4.69) is 15.6 Å². The molecular formula is C17H19N3O3. The first-order valence-corrected chi connectivity index (χ1v) is 7.45. The summed E-state index contributed by atoms with van der Waals surface area (Å²) in [6.45, 7) is 0. The standard InChI is InChI=1S/C17H19N3O3/c1-22-13-6-8-14(16(9-13)23-2)20-17(21)15-7-5-12(10-18-15)19-11-3-4-11/h5-11,19H,3-4H2,1-2H3,(H,20,21). The average molecular weight is 313 g/mol. The van der Waals surface area contributed by atoms with Crippen LogP contribution in [-0.4, -0.2) is 31.2 Å². The lowest BCUT2D eigenvalue weighted by Gasteiger charge is -2.11. The van der Waals surface area contributed by atoms with Crippen LogP contribution in [0.2, 0.25) is 0 Å². The third-order valence-electron chi connectivity index (χ3n) is 3.60. The summed E-state index contributed by atoms with van der Waals surface area (Å²) in [5, 5.41) is 6.13. The summed E-state index contributed by atoms with van der Waals surface area (Å²) in [6.07, 6.45) is 4.07. The number of hydrogen-bond acceptors (Lipinski definition) is 5. The molecule has 2 aromatic rings. The van der Waals surface area contributed by atoms with E-state index in [1.807, 2.05) is 6.07 Å². The van der Waals surface area contributed by atoms with E-state index in [-0.39, 0.29) is 5.91 Å². The molecular weight excluding hydrogens is 294 g/mol. The second kappa shape index (κ2) is 6.56. The molecule has 1 fully saturated rings. The number of rotatable bonds is 6. The molecule has 120 valence electrons. The Morgan fingerprint density at radius 2 is 2.00 bits per heavy atom. The van der Waals surface area contributed by atoms with Gasteiger partial charge in [-0.2, -0.15) is 0 Å². The molecule has 0 saturated heterocycles. The molecule has 1 aliphatic rings. The number of pyridine rings is 1. The summed E-state index contributed by atoms with van der Waals surface area (Å²) in [4.78, 5) is 16.5. The molecule has 0 unspecified atom stereocenters. The van der Waals surface area contributed by atoms with Gasteiger partial charge in [-0.25, -0.2) is 4.98 Å². The Morgan fingerprint density at radius 1 is 1.17 bits per heavy atom. The molecule has 6 heteroatoms. The number of anilines is 2. The lowest BCUT2D eigenvalue weighted by atomic mass is 10.2. The monoisotopic (exact) mass is 313 g/mol. The minimum atomic E-state index is -0.286. The summed E-state index contributed by atoms with van der Waals surface area (Å²) < 4.78 is 10.4. The minimum absolute atomic E-state index is 0.286. The van der Waals surface area contributed by atoms with Crippen LogP contribution in [0, 0.1) is 0 Å². The molecule has 1 heterocycles. The number of ether oxygens (including phenoxy) is 2. The maximum absolute atomic E-state index is 12.3. The SMILES string of the molecule is COc1ccc(NC(=O)c2ccc(NC3CC3)cn2)c(OC)c1. The predicted octanol–water partition coefficient (Wildman–Crippen LogP) is 2.93. The van der Waals surface area contributed by atoms with Gasteiger partial charge in [0, 0.05) is 12.1 Å². The van der Waals surface area contributed by atoms with E-state index in [0.717, 1.165) is 5.69 Å². The van der Waals surface area contributed by atoms with Crippen molar-refractivity contribution >= 4 is 17.3 Å². The number of hydrogen-bond donors (Lipinski definition) is 2. The van der Waals surface area contributed by atoms with Crippen molar-refractivity contribution in [2.45, 2.75) is 18.9 Å². The molecule has 0 spiro atoms. The van der Waals surface area contributed by atoms with Gasteiger partial charge in [-0.05, 0) is 37.1 Å². The van der Waals surface area contributed by atoms with Crippen molar-refractivity contribution in [3.05, 3.63) is 42.2 Å². The molecule has 1 saturated carbocycles. The van der Waals surface area contributed by atoms with Crippen molar-refractivity contribution in [1.29, 1.82) is 0 Å². The molecule has 1 aromatic heterocycles. The van der Waals surface area contributed by atoms with Crippen LogP contribution in [0.3, 0.4) is 0 Å². The van der Waals surface area contributed by atoms with Crippen LogP contribution in [0.4, 0.5) is 11.4 Å². The van der Waals surface area contributed by atoms with Crippen molar-refractivity contribution in [2.24, 2.45) is 0 Å². The molecule has 1 aliphatic carbocycles. The van der Waals surface area contributed by atoms with Gasteiger partial charge in [-0.15, -0.1) is 0 Å². The quantitative estimate of drug-likeness (QED) is 0.858. The van der Waals surface area contributed by atoms with Crippen LogP contribution in [0.25, 0.3) is 0 Å². The van der Waals surface area contributed by atoms with Gasteiger partial charge >= 0.3 is 0 Å². The molecule has 1 aromatic carbocycles. The fraction of sp³-hybridized carbons (Fsp3) is 0.294.